The summed E-state index contributed by atoms with van der Waals surface area (Å²) in [4.78, 5) is 12.5. The van der Waals surface area contributed by atoms with Crippen molar-refractivity contribution in [1.82, 2.24) is 5.32 Å². The highest BCUT2D eigenvalue weighted by atomic mass is 32.2. The first-order valence-electron chi connectivity index (χ1n) is 7.38. The topological polar surface area (TPSA) is 64.3 Å². The van der Waals surface area contributed by atoms with Crippen molar-refractivity contribution in [3.8, 4) is 5.75 Å². The van der Waals surface area contributed by atoms with E-state index in [2.05, 4.69) is 11.6 Å². The predicted octanol–water partition coefficient (Wildman–Crippen LogP) is 3.07. The Morgan fingerprint density at radius 2 is 2.10 bits per heavy atom. The van der Waals surface area contributed by atoms with E-state index in [9.17, 15) is 4.79 Å². The molecule has 0 bridgehead atoms. The summed E-state index contributed by atoms with van der Waals surface area (Å²) in [6.45, 7) is 0.685. The monoisotopic (exact) mass is 308 g/mol. The lowest BCUT2D eigenvalue weighted by atomic mass is 9.88. The van der Waals surface area contributed by atoms with Crippen molar-refractivity contribution in [2.75, 3.05) is 25.6 Å². The maximum atomic E-state index is 12.5. The highest BCUT2D eigenvalue weighted by molar-refractivity contribution is 8.00. The molecule has 1 amide bonds. The normalized spacial score (nSPS) is 17.2. The Morgan fingerprint density at radius 3 is 2.71 bits per heavy atom. The number of rotatable bonds is 5. The summed E-state index contributed by atoms with van der Waals surface area (Å²) >= 11 is 1.87. The van der Waals surface area contributed by atoms with Gasteiger partial charge < -0.3 is 15.8 Å². The van der Waals surface area contributed by atoms with Crippen LogP contribution < -0.4 is 15.8 Å². The Labute approximate surface area is 130 Å². The van der Waals surface area contributed by atoms with Gasteiger partial charge in [-0.05, 0) is 31.2 Å². The van der Waals surface area contributed by atoms with Gasteiger partial charge in [0.15, 0.2) is 0 Å². The number of nitrogens with two attached hydrogens (primary N) is 1. The van der Waals surface area contributed by atoms with E-state index in [1.807, 2.05) is 11.8 Å². The molecule has 116 valence electrons. The number of hydrogen-bond acceptors (Lipinski definition) is 4. The number of nitrogens with one attached hydrogen (secondary N) is 1. The van der Waals surface area contributed by atoms with Crippen molar-refractivity contribution in [2.45, 2.75) is 36.9 Å². The molecule has 5 heteroatoms. The zero-order valence-corrected chi connectivity index (χ0v) is 13.6. The third-order valence-electron chi connectivity index (χ3n) is 4.27. The highest BCUT2D eigenvalue weighted by Crippen LogP contribution is 2.38. The van der Waals surface area contributed by atoms with Crippen LogP contribution in [0, 0.1) is 0 Å². The third kappa shape index (κ3) is 3.64. The van der Waals surface area contributed by atoms with Crippen LogP contribution in [-0.4, -0.2) is 30.6 Å². The van der Waals surface area contributed by atoms with Gasteiger partial charge in [0.05, 0.1) is 7.11 Å². The fraction of sp³-hybridized carbons (Fsp3) is 0.562. The number of anilines is 1. The summed E-state index contributed by atoms with van der Waals surface area (Å²) in [6, 6.07) is 5.27. The second-order valence-corrected chi connectivity index (χ2v) is 6.83. The summed E-state index contributed by atoms with van der Waals surface area (Å²) in [5, 5.41) is 3.06. The summed E-state index contributed by atoms with van der Waals surface area (Å²) in [7, 11) is 1.55. The van der Waals surface area contributed by atoms with Crippen molar-refractivity contribution < 1.29 is 9.53 Å². The van der Waals surface area contributed by atoms with Gasteiger partial charge in [0.1, 0.15) is 11.3 Å². The molecule has 0 saturated heterocycles. The molecule has 0 aliphatic heterocycles. The number of hydrogen-bond donors (Lipinski definition) is 2. The van der Waals surface area contributed by atoms with E-state index in [1.54, 1.807) is 25.3 Å². The molecular formula is C16H24N2O2S. The molecule has 0 spiro atoms. The average Bonchev–Trinajstić information content (AvgIpc) is 2.53. The van der Waals surface area contributed by atoms with E-state index in [4.69, 9.17) is 10.5 Å². The lowest BCUT2D eigenvalue weighted by molar-refractivity contribution is 0.0945. The smallest absolute Gasteiger partial charge is 0.257 e. The first kappa shape index (κ1) is 16.0. The predicted molar refractivity (Wildman–Crippen MR) is 89.1 cm³/mol. The molecule has 21 heavy (non-hydrogen) atoms. The van der Waals surface area contributed by atoms with E-state index in [0.29, 0.717) is 23.5 Å². The molecular weight excluding hydrogens is 284 g/mol. The van der Waals surface area contributed by atoms with Crippen LogP contribution in [0.3, 0.4) is 0 Å². The van der Waals surface area contributed by atoms with Crippen molar-refractivity contribution in [3.63, 3.8) is 0 Å². The number of nitrogen functional groups attached to an aromatic ring is 1. The molecule has 1 aliphatic rings. The summed E-state index contributed by atoms with van der Waals surface area (Å²) in [5.41, 5.74) is 6.82. The summed E-state index contributed by atoms with van der Waals surface area (Å²) in [6.07, 6.45) is 8.25. The molecule has 3 N–H and O–H groups in total. The van der Waals surface area contributed by atoms with E-state index >= 15 is 0 Å². The number of methoxy groups -OCH3 is 1. The summed E-state index contributed by atoms with van der Waals surface area (Å²) in [5.74, 6) is 0.373. The SMILES string of the molecule is COc1cccc(N)c1C(=O)NCC1(SC)CCCCC1. The second-order valence-electron chi connectivity index (χ2n) is 5.55. The van der Waals surface area contributed by atoms with E-state index < -0.39 is 0 Å². The minimum absolute atomic E-state index is 0.149. The van der Waals surface area contributed by atoms with Crippen LogP contribution in [0.1, 0.15) is 42.5 Å². The standard InChI is InChI=1S/C16H24N2O2S/c1-20-13-8-6-7-12(17)14(13)15(19)18-11-16(21-2)9-4-3-5-10-16/h6-8H,3-5,9-11,17H2,1-2H3,(H,18,19). The van der Waals surface area contributed by atoms with Gasteiger partial charge in [0.25, 0.3) is 5.91 Å². The van der Waals surface area contributed by atoms with Crippen LogP contribution in [0.25, 0.3) is 0 Å². The first-order valence-corrected chi connectivity index (χ1v) is 8.60. The van der Waals surface area contributed by atoms with E-state index in [-0.39, 0.29) is 10.7 Å². The molecule has 1 aromatic carbocycles. The van der Waals surface area contributed by atoms with Gasteiger partial charge in [-0.1, -0.05) is 25.3 Å². The van der Waals surface area contributed by atoms with Crippen molar-refractivity contribution in [3.05, 3.63) is 23.8 Å². The molecule has 2 rings (SSSR count). The number of ether oxygens (including phenoxy) is 1. The molecule has 0 heterocycles. The Kier molecular flexibility index (Phi) is 5.39. The molecule has 4 nitrogen and oxygen atoms in total. The van der Waals surface area contributed by atoms with Gasteiger partial charge in [-0.2, -0.15) is 11.8 Å². The lowest BCUT2D eigenvalue weighted by Crippen LogP contribution is -2.42. The lowest BCUT2D eigenvalue weighted by Gasteiger charge is -2.35. The molecule has 0 aromatic heterocycles. The minimum atomic E-state index is -0.149. The largest absolute Gasteiger partial charge is 0.496 e. The van der Waals surface area contributed by atoms with Gasteiger partial charge in [-0.3, -0.25) is 4.79 Å². The van der Waals surface area contributed by atoms with Gasteiger partial charge in [-0.25, -0.2) is 0 Å². The average molecular weight is 308 g/mol. The van der Waals surface area contributed by atoms with Crippen LogP contribution in [-0.2, 0) is 0 Å². The van der Waals surface area contributed by atoms with Crippen LogP contribution >= 0.6 is 11.8 Å². The Morgan fingerprint density at radius 1 is 1.38 bits per heavy atom. The van der Waals surface area contributed by atoms with Crippen LogP contribution in [0.4, 0.5) is 5.69 Å². The zero-order valence-electron chi connectivity index (χ0n) is 12.8. The van der Waals surface area contributed by atoms with Crippen LogP contribution in [0.5, 0.6) is 5.75 Å². The fourth-order valence-corrected chi connectivity index (χ4v) is 3.85. The molecule has 1 aromatic rings. The maximum absolute atomic E-state index is 12.5. The molecule has 0 unspecified atom stereocenters. The quantitative estimate of drug-likeness (QED) is 0.821. The highest BCUT2D eigenvalue weighted by Gasteiger charge is 2.32. The first-order chi connectivity index (χ1) is 10.1. The Balaban J connectivity index is 2.08. The van der Waals surface area contributed by atoms with E-state index in [1.165, 1.54) is 19.3 Å². The third-order valence-corrected chi connectivity index (χ3v) is 5.69. The Bertz CT molecular complexity index is 499. The van der Waals surface area contributed by atoms with Gasteiger partial charge in [0.2, 0.25) is 0 Å². The Hall–Kier alpha value is -1.36. The molecule has 0 radical (unpaired) electrons. The maximum Gasteiger partial charge on any atom is 0.257 e. The number of benzene rings is 1. The van der Waals surface area contributed by atoms with Crippen molar-refractivity contribution >= 4 is 23.4 Å². The number of carbonyl (C=O) groups is 1. The second kappa shape index (κ2) is 7.07. The molecule has 1 fully saturated rings. The molecule has 1 aliphatic carbocycles. The minimum Gasteiger partial charge on any atom is -0.496 e. The number of carbonyl (C=O) groups excluding carboxylic acids is 1. The summed E-state index contributed by atoms with van der Waals surface area (Å²) < 4.78 is 5.42. The van der Waals surface area contributed by atoms with Crippen molar-refractivity contribution in [1.29, 1.82) is 0 Å². The van der Waals surface area contributed by atoms with Gasteiger partial charge in [0, 0.05) is 17.0 Å². The van der Waals surface area contributed by atoms with Gasteiger partial charge in [-0.15, -0.1) is 0 Å². The van der Waals surface area contributed by atoms with Gasteiger partial charge >= 0.3 is 0 Å². The van der Waals surface area contributed by atoms with Crippen LogP contribution in [0.15, 0.2) is 18.2 Å². The molecule has 0 atom stereocenters. The van der Waals surface area contributed by atoms with Crippen LogP contribution in [0.2, 0.25) is 0 Å². The number of thioether (sulfide) groups is 1. The molecule has 1 saturated carbocycles. The number of amides is 1. The zero-order chi connectivity index (χ0) is 15.3. The van der Waals surface area contributed by atoms with Crippen molar-refractivity contribution in [2.24, 2.45) is 0 Å². The van der Waals surface area contributed by atoms with E-state index in [0.717, 1.165) is 12.8 Å². The fourth-order valence-electron chi connectivity index (χ4n) is 2.94.